The Morgan fingerprint density at radius 1 is 1.24 bits per heavy atom. The van der Waals surface area contributed by atoms with Crippen molar-refractivity contribution in [1.29, 1.82) is 0 Å². The highest BCUT2D eigenvalue weighted by atomic mass is 127. The second-order valence-corrected chi connectivity index (χ2v) is 6.31. The van der Waals surface area contributed by atoms with Crippen molar-refractivity contribution < 1.29 is 9.84 Å². The van der Waals surface area contributed by atoms with Crippen LogP contribution in [0.2, 0.25) is 0 Å². The van der Waals surface area contributed by atoms with Crippen LogP contribution in [0.5, 0.6) is 11.5 Å². The minimum absolute atomic E-state index is 0. The van der Waals surface area contributed by atoms with Crippen molar-refractivity contribution in [3.05, 3.63) is 45.6 Å². The summed E-state index contributed by atoms with van der Waals surface area (Å²) in [6.07, 6.45) is 0. The summed E-state index contributed by atoms with van der Waals surface area (Å²) < 4.78 is 5.41. The number of thiophene rings is 1. The second kappa shape index (κ2) is 11.2. The Hall–Kier alpha value is -1.48. The van der Waals surface area contributed by atoms with Crippen molar-refractivity contribution in [2.75, 3.05) is 13.2 Å². The molecule has 0 unspecified atom stereocenters. The smallest absolute Gasteiger partial charge is 0.191 e. The number of aromatic hydroxyl groups is 1. The van der Waals surface area contributed by atoms with E-state index in [0.29, 0.717) is 18.9 Å². The van der Waals surface area contributed by atoms with E-state index >= 15 is 0 Å². The first-order valence-electron chi connectivity index (χ1n) is 8.13. The summed E-state index contributed by atoms with van der Waals surface area (Å²) in [7, 11) is 0. The SMILES string of the molecule is CCNC(=NCc1ccc(O)c(OCC)c1)NCc1sccc1C.I. The van der Waals surface area contributed by atoms with Gasteiger partial charge in [-0.3, -0.25) is 0 Å². The molecular weight excluding hydrogens is 449 g/mol. The van der Waals surface area contributed by atoms with Crippen LogP contribution in [0.1, 0.15) is 29.9 Å². The molecule has 138 valence electrons. The number of phenols is 1. The Morgan fingerprint density at radius 3 is 2.68 bits per heavy atom. The predicted molar refractivity (Wildman–Crippen MR) is 115 cm³/mol. The van der Waals surface area contributed by atoms with Gasteiger partial charge in [-0.25, -0.2) is 4.99 Å². The van der Waals surface area contributed by atoms with Crippen LogP contribution >= 0.6 is 35.3 Å². The molecule has 3 N–H and O–H groups in total. The van der Waals surface area contributed by atoms with E-state index in [9.17, 15) is 5.11 Å². The van der Waals surface area contributed by atoms with Gasteiger partial charge in [-0.1, -0.05) is 6.07 Å². The quantitative estimate of drug-likeness (QED) is 0.322. The normalized spacial score (nSPS) is 10.9. The monoisotopic (exact) mass is 475 g/mol. The fourth-order valence-corrected chi connectivity index (χ4v) is 3.04. The second-order valence-electron chi connectivity index (χ2n) is 5.31. The van der Waals surface area contributed by atoms with Crippen LogP contribution in [0.4, 0.5) is 0 Å². The van der Waals surface area contributed by atoms with E-state index < -0.39 is 0 Å². The lowest BCUT2D eigenvalue weighted by Gasteiger charge is -2.12. The number of halogens is 1. The molecule has 0 saturated heterocycles. The van der Waals surface area contributed by atoms with Crippen LogP contribution in [0.15, 0.2) is 34.6 Å². The van der Waals surface area contributed by atoms with Crippen molar-refractivity contribution in [1.82, 2.24) is 10.6 Å². The number of ether oxygens (including phenoxy) is 1. The van der Waals surface area contributed by atoms with Gasteiger partial charge in [-0.15, -0.1) is 35.3 Å². The molecule has 2 aromatic rings. The number of guanidine groups is 1. The molecule has 0 radical (unpaired) electrons. The van der Waals surface area contributed by atoms with Crippen molar-refractivity contribution in [2.24, 2.45) is 4.99 Å². The standard InChI is InChI=1S/C18H25N3O2S.HI/c1-4-19-18(21-12-17-13(3)8-9-24-17)20-11-14-6-7-15(22)16(10-14)23-5-2;/h6-10,22H,4-5,11-12H2,1-3H3,(H2,19,20,21);1H. The Kier molecular flexibility index (Phi) is 9.66. The summed E-state index contributed by atoms with van der Waals surface area (Å²) in [4.78, 5) is 5.91. The minimum atomic E-state index is 0. The molecule has 0 atom stereocenters. The highest BCUT2D eigenvalue weighted by Crippen LogP contribution is 2.27. The number of rotatable bonds is 7. The van der Waals surface area contributed by atoms with E-state index in [1.165, 1.54) is 10.4 Å². The van der Waals surface area contributed by atoms with Gasteiger partial charge in [0.25, 0.3) is 0 Å². The van der Waals surface area contributed by atoms with E-state index in [-0.39, 0.29) is 29.7 Å². The van der Waals surface area contributed by atoms with Gasteiger partial charge in [-0.2, -0.15) is 0 Å². The lowest BCUT2D eigenvalue weighted by molar-refractivity contribution is 0.318. The highest BCUT2D eigenvalue weighted by molar-refractivity contribution is 14.0. The zero-order chi connectivity index (χ0) is 17.4. The van der Waals surface area contributed by atoms with Crippen LogP contribution in [0.3, 0.4) is 0 Å². The summed E-state index contributed by atoms with van der Waals surface area (Å²) in [5.74, 6) is 1.43. The Bertz CT molecular complexity index is 689. The lowest BCUT2D eigenvalue weighted by atomic mass is 10.2. The molecule has 0 saturated carbocycles. The Morgan fingerprint density at radius 2 is 2.04 bits per heavy atom. The predicted octanol–water partition coefficient (Wildman–Crippen LogP) is 4.03. The van der Waals surface area contributed by atoms with E-state index in [4.69, 9.17) is 4.74 Å². The number of hydrogen-bond donors (Lipinski definition) is 3. The molecule has 7 heteroatoms. The van der Waals surface area contributed by atoms with Gasteiger partial charge in [-0.05, 0) is 55.5 Å². The van der Waals surface area contributed by atoms with Gasteiger partial charge in [0, 0.05) is 11.4 Å². The molecule has 1 heterocycles. The Balaban J connectivity index is 0.00000312. The third kappa shape index (κ3) is 6.74. The minimum Gasteiger partial charge on any atom is -0.504 e. The largest absolute Gasteiger partial charge is 0.504 e. The average molecular weight is 475 g/mol. The van der Waals surface area contributed by atoms with E-state index in [2.05, 4.69) is 34.0 Å². The number of benzene rings is 1. The molecule has 0 aliphatic rings. The van der Waals surface area contributed by atoms with Gasteiger partial charge < -0.3 is 20.5 Å². The highest BCUT2D eigenvalue weighted by Gasteiger charge is 2.05. The zero-order valence-electron chi connectivity index (χ0n) is 14.8. The number of aryl methyl sites for hydroxylation is 1. The van der Waals surface area contributed by atoms with Crippen molar-refractivity contribution in [3.8, 4) is 11.5 Å². The maximum atomic E-state index is 9.76. The molecule has 1 aromatic heterocycles. The third-order valence-corrected chi connectivity index (χ3v) is 4.50. The molecule has 0 aliphatic heterocycles. The van der Waals surface area contributed by atoms with Crippen LogP contribution < -0.4 is 15.4 Å². The molecule has 5 nitrogen and oxygen atoms in total. The first-order chi connectivity index (χ1) is 11.6. The first-order valence-corrected chi connectivity index (χ1v) is 9.01. The topological polar surface area (TPSA) is 65.9 Å². The summed E-state index contributed by atoms with van der Waals surface area (Å²) in [5.41, 5.74) is 2.28. The van der Waals surface area contributed by atoms with Gasteiger partial charge in [0.15, 0.2) is 17.5 Å². The van der Waals surface area contributed by atoms with Crippen LogP contribution in [0.25, 0.3) is 0 Å². The van der Waals surface area contributed by atoms with E-state index in [0.717, 1.165) is 24.6 Å². The maximum absolute atomic E-state index is 9.76. The molecule has 0 amide bonds. The van der Waals surface area contributed by atoms with Crippen molar-refractivity contribution in [3.63, 3.8) is 0 Å². The summed E-state index contributed by atoms with van der Waals surface area (Å²) in [5, 5.41) is 18.5. The van der Waals surface area contributed by atoms with Gasteiger partial charge in [0.1, 0.15) is 0 Å². The van der Waals surface area contributed by atoms with Crippen LogP contribution in [-0.4, -0.2) is 24.2 Å². The van der Waals surface area contributed by atoms with Gasteiger partial charge >= 0.3 is 0 Å². The number of hydrogen-bond acceptors (Lipinski definition) is 4. The molecule has 0 fully saturated rings. The van der Waals surface area contributed by atoms with E-state index in [1.54, 1.807) is 17.4 Å². The number of aliphatic imine (C=N–C) groups is 1. The third-order valence-electron chi connectivity index (χ3n) is 3.47. The molecule has 2 rings (SSSR count). The molecule has 1 aromatic carbocycles. The van der Waals surface area contributed by atoms with Gasteiger partial charge in [0.05, 0.1) is 19.7 Å². The average Bonchev–Trinajstić information content (AvgIpc) is 2.98. The fraction of sp³-hybridized carbons (Fsp3) is 0.389. The first kappa shape index (κ1) is 21.6. The van der Waals surface area contributed by atoms with Crippen molar-refractivity contribution >= 4 is 41.3 Å². The zero-order valence-corrected chi connectivity index (χ0v) is 18.0. The summed E-state index contributed by atoms with van der Waals surface area (Å²) in [6.45, 7) is 8.64. The van der Waals surface area contributed by atoms with Gasteiger partial charge in [0.2, 0.25) is 0 Å². The summed E-state index contributed by atoms with van der Waals surface area (Å²) >= 11 is 1.74. The fourth-order valence-electron chi connectivity index (χ4n) is 2.19. The number of nitrogens with zero attached hydrogens (tertiary/aromatic N) is 1. The van der Waals surface area contributed by atoms with Crippen LogP contribution in [-0.2, 0) is 13.1 Å². The molecular formula is C18H26IN3O2S. The molecule has 0 bridgehead atoms. The van der Waals surface area contributed by atoms with E-state index in [1.807, 2.05) is 26.0 Å². The van der Waals surface area contributed by atoms with Crippen LogP contribution in [0, 0.1) is 6.92 Å². The number of phenolic OH excluding ortho intramolecular Hbond substituents is 1. The van der Waals surface area contributed by atoms with Crippen molar-refractivity contribution in [2.45, 2.75) is 33.9 Å². The lowest BCUT2D eigenvalue weighted by Crippen LogP contribution is -2.36. The molecule has 0 aliphatic carbocycles. The Labute approximate surface area is 170 Å². The summed E-state index contributed by atoms with van der Waals surface area (Å²) in [6, 6.07) is 7.45. The number of nitrogens with one attached hydrogen (secondary N) is 2. The molecule has 25 heavy (non-hydrogen) atoms. The maximum Gasteiger partial charge on any atom is 0.191 e. The molecule has 0 spiro atoms.